The molecule has 146 valence electrons. The Balaban J connectivity index is 1.38. The number of aromatic amines is 1. The first kappa shape index (κ1) is 18.4. The number of aromatic nitrogens is 2. The summed E-state index contributed by atoms with van der Waals surface area (Å²) in [5, 5.41) is 5.33. The minimum Gasteiger partial charge on any atom is -0.348 e. The molecule has 2 amide bonds. The molecule has 1 aromatic carbocycles. The van der Waals surface area contributed by atoms with E-state index in [-0.39, 0.29) is 0 Å². The highest BCUT2D eigenvalue weighted by Gasteiger charge is 2.45. The Morgan fingerprint density at radius 3 is 2.54 bits per heavy atom. The number of carbonyl (C=O) groups excluding carboxylic acids is 3. The molecule has 7 nitrogen and oxygen atoms in total. The minimum atomic E-state index is -1.31. The van der Waals surface area contributed by atoms with E-state index in [9.17, 15) is 14.4 Å². The topological polar surface area (TPSA) is 104 Å². The second-order valence-corrected chi connectivity index (χ2v) is 7.62. The third-order valence-corrected chi connectivity index (χ3v) is 5.70. The lowest BCUT2D eigenvalue weighted by molar-refractivity contribution is -0.135. The fourth-order valence-electron chi connectivity index (χ4n) is 4.16. The molecule has 1 saturated heterocycles. The predicted molar refractivity (Wildman–Crippen MR) is 104 cm³/mol. The molecule has 2 aliphatic rings. The van der Waals surface area contributed by atoms with Crippen LogP contribution in [-0.2, 0) is 20.8 Å². The van der Waals surface area contributed by atoms with Crippen molar-refractivity contribution in [3.05, 3.63) is 48.0 Å². The first-order valence-electron chi connectivity index (χ1n) is 9.84. The molecule has 28 heavy (non-hydrogen) atoms. The third-order valence-electron chi connectivity index (χ3n) is 5.70. The maximum Gasteiger partial charge on any atom is 0.244 e. The van der Waals surface area contributed by atoms with Crippen LogP contribution < -0.4 is 10.6 Å². The minimum absolute atomic E-state index is 0.296. The normalized spacial score (nSPS) is 22.9. The number of Topliss-reactive ketones (excluding diaryl/α,β-unsaturated/α-hetero) is 1. The van der Waals surface area contributed by atoms with E-state index in [1.165, 1.54) is 44.0 Å². The van der Waals surface area contributed by atoms with Crippen molar-refractivity contribution in [1.29, 1.82) is 0 Å². The van der Waals surface area contributed by atoms with Crippen molar-refractivity contribution >= 4 is 23.3 Å². The number of H-pyrrole nitrogens is 1. The maximum atomic E-state index is 12.6. The highest BCUT2D eigenvalue weighted by molar-refractivity contribution is 6.26. The summed E-state index contributed by atoms with van der Waals surface area (Å²) in [6.07, 6.45) is 9.66. The molecular formula is C21H24N4O3. The van der Waals surface area contributed by atoms with Gasteiger partial charge in [0.15, 0.2) is 11.7 Å². The molecule has 2 unspecified atom stereocenters. The summed E-state index contributed by atoms with van der Waals surface area (Å²) in [7, 11) is 0. The average molecular weight is 380 g/mol. The number of anilines is 1. The summed E-state index contributed by atoms with van der Waals surface area (Å²) in [6, 6.07) is 7.05. The number of hydrogen-bond acceptors (Lipinski definition) is 4. The van der Waals surface area contributed by atoms with Crippen molar-refractivity contribution < 1.29 is 14.4 Å². The van der Waals surface area contributed by atoms with Crippen molar-refractivity contribution in [3.63, 3.8) is 0 Å². The number of nitrogens with one attached hydrogen (secondary N) is 3. The van der Waals surface area contributed by atoms with Crippen LogP contribution in [0.4, 0.5) is 5.69 Å². The Labute approximate surface area is 163 Å². The van der Waals surface area contributed by atoms with E-state index in [2.05, 4.69) is 20.6 Å². The van der Waals surface area contributed by atoms with E-state index in [4.69, 9.17) is 0 Å². The molecule has 1 aliphatic carbocycles. The van der Waals surface area contributed by atoms with Gasteiger partial charge in [-0.15, -0.1) is 0 Å². The lowest BCUT2D eigenvalue weighted by atomic mass is 9.84. The highest BCUT2D eigenvalue weighted by Crippen LogP contribution is 2.33. The van der Waals surface area contributed by atoms with E-state index in [0.29, 0.717) is 18.0 Å². The molecule has 2 atom stereocenters. The van der Waals surface area contributed by atoms with E-state index in [1.54, 1.807) is 6.20 Å². The van der Waals surface area contributed by atoms with Gasteiger partial charge in [0.25, 0.3) is 0 Å². The van der Waals surface area contributed by atoms with Crippen molar-refractivity contribution in [2.45, 2.75) is 50.5 Å². The van der Waals surface area contributed by atoms with Gasteiger partial charge in [-0.1, -0.05) is 31.4 Å². The second kappa shape index (κ2) is 7.96. The molecule has 1 aliphatic heterocycles. The molecule has 3 N–H and O–H groups in total. The Hall–Kier alpha value is -2.96. The lowest BCUT2D eigenvalue weighted by Gasteiger charge is -2.22. The van der Waals surface area contributed by atoms with Gasteiger partial charge in [0.05, 0.1) is 12.4 Å². The van der Waals surface area contributed by atoms with Crippen LogP contribution in [0.15, 0.2) is 36.8 Å². The van der Waals surface area contributed by atoms with Gasteiger partial charge in [-0.3, -0.25) is 14.4 Å². The molecule has 4 rings (SSSR count). The Morgan fingerprint density at radius 1 is 1.11 bits per heavy atom. The third kappa shape index (κ3) is 3.83. The number of benzene rings is 1. The average Bonchev–Trinajstić information content (AvgIpc) is 3.31. The monoisotopic (exact) mass is 380 g/mol. The van der Waals surface area contributed by atoms with Gasteiger partial charge in [0, 0.05) is 24.0 Å². The number of hydrogen-bond donors (Lipinski definition) is 3. The summed E-state index contributed by atoms with van der Waals surface area (Å²) >= 11 is 0. The zero-order chi connectivity index (χ0) is 19.5. The number of amides is 2. The molecule has 2 aromatic rings. The fourth-order valence-corrected chi connectivity index (χ4v) is 4.16. The van der Waals surface area contributed by atoms with Crippen LogP contribution in [-0.4, -0.2) is 33.6 Å². The molecule has 0 radical (unpaired) electrons. The lowest BCUT2D eigenvalue weighted by Crippen LogP contribution is -2.33. The number of ketones is 1. The first-order chi connectivity index (χ1) is 13.6. The maximum absolute atomic E-state index is 12.6. The van der Waals surface area contributed by atoms with Gasteiger partial charge in [-0.25, -0.2) is 4.98 Å². The molecule has 2 fully saturated rings. The van der Waals surface area contributed by atoms with E-state index >= 15 is 0 Å². The summed E-state index contributed by atoms with van der Waals surface area (Å²) in [6.45, 7) is 0. The van der Waals surface area contributed by atoms with Crippen LogP contribution in [0.5, 0.6) is 0 Å². The Morgan fingerprint density at radius 2 is 1.86 bits per heavy atom. The molecule has 1 aromatic heterocycles. The smallest absolute Gasteiger partial charge is 0.244 e. The number of carbonyl (C=O) groups is 3. The summed E-state index contributed by atoms with van der Waals surface area (Å²) < 4.78 is 0. The standard InChI is InChI=1S/C21H24N4O3/c26-19-17(10-16-11-22-12-23-16)25-21(28)18(19)20(27)24-15-8-6-14(7-9-15)13-4-2-1-3-5-13/h6-9,11-13,17-18H,1-5,10H2,(H,22,23)(H,24,27)(H,25,28). The van der Waals surface area contributed by atoms with Gasteiger partial charge in [0.1, 0.15) is 0 Å². The van der Waals surface area contributed by atoms with Crippen LogP contribution in [0.25, 0.3) is 0 Å². The van der Waals surface area contributed by atoms with Crippen LogP contribution in [0.2, 0.25) is 0 Å². The second-order valence-electron chi connectivity index (χ2n) is 7.62. The van der Waals surface area contributed by atoms with E-state index in [0.717, 1.165) is 5.69 Å². The van der Waals surface area contributed by atoms with E-state index < -0.39 is 29.6 Å². The van der Waals surface area contributed by atoms with Gasteiger partial charge in [-0.05, 0) is 36.5 Å². The van der Waals surface area contributed by atoms with Crippen LogP contribution in [0.1, 0.15) is 49.3 Å². The molecular weight excluding hydrogens is 356 g/mol. The van der Waals surface area contributed by atoms with Crippen molar-refractivity contribution in [2.75, 3.05) is 5.32 Å². The highest BCUT2D eigenvalue weighted by atomic mass is 16.2. The SMILES string of the molecule is O=C(Nc1ccc(C2CCCCC2)cc1)C1C(=O)NC(Cc2cnc[nH]2)C1=O. The predicted octanol–water partition coefficient (Wildman–Crippen LogP) is 2.32. The van der Waals surface area contributed by atoms with Gasteiger partial charge in [-0.2, -0.15) is 0 Å². The van der Waals surface area contributed by atoms with Gasteiger partial charge in [0.2, 0.25) is 11.8 Å². The van der Waals surface area contributed by atoms with Crippen LogP contribution in [0, 0.1) is 5.92 Å². The van der Waals surface area contributed by atoms with Crippen LogP contribution >= 0.6 is 0 Å². The largest absolute Gasteiger partial charge is 0.348 e. The van der Waals surface area contributed by atoms with Gasteiger partial charge >= 0.3 is 0 Å². The number of rotatable bonds is 5. The van der Waals surface area contributed by atoms with Crippen molar-refractivity contribution in [3.8, 4) is 0 Å². The zero-order valence-electron chi connectivity index (χ0n) is 15.6. The van der Waals surface area contributed by atoms with Crippen molar-refractivity contribution in [1.82, 2.24) is 15.3 Å². The first-order valence-corrected chi connectivity index (χ1v) is 9.84. The quantitative estimate of drug-likeness (QED) is 0.693. The Bertz CT molecular complexity index is 854. The Kier molecular flexibility index (Phi) is 5.23. The molecule has 2 heterocycles. The summed E-state index contributed by atoms with van der Waals surface area (Å²) in [5.41, 5.74) is 2.62. The number of imidazole rings is 1. The summed E-state index contributed by atoms with van der Waals surface area (Å²) in [5.74, 6) is -2.27. The van der Waals surface area contributed by atoms with E-state index in [1.807, 2.05) is 24.3 Å². The number of nitrogens with zero attached hydrogens (tertiary/aromatic N) is 1. The fraction of sp³-hybridized carbons (Fsp3) is 0.429. The molecule has 7 heteroatoms. The summed E-state index contributed by atoms with van der Waals surface area (Å²) in [4.78, 5) is 44.1. The van der Waals surface area contributed by atoms with Crippen LogP contribution in [0.3, 0.4) is 0 Å². The zero-order valence-corrected chi connectivity index (χ0v) is 15.6. The van der Waals surface area contributed by atoms with Crippen molar-refractivity contribution in [2.24, 2.45) is 5.92 Å². The molecule has 1 saturated carbocycles. The van der Waals surface area contributed by atoms with Gasteiger partial charge < -0.3 is 15.6 Å². The molecule has 0 spiro atoms. The molecule has 0 bridgehead atoms.